The Labute approximate surface area is 145 Å². The van der Waals surface area contributed by atoms with Gasteiger partial charge in [-0.25, -0.2) is 8.42 Å². The van der Waals surface area contributed by atoms with E-state index in [1.807, 2.05) is 0 Å². The Bertz CT molecular complexity index is 696. The standard InChI is InChI=1S/C16H20O6S2/c1-11(16(18)12-3-5-13(21-2)6-4-12)22-15(17)9-23-14-7-8-24(19,20)10-14/h3-6,11,14H,7-10H2,1-2H3/t11-,14+/m1/s1. The monoisotopic (exact) mass is 372 g/mol. The van der Waals surface area contributed by atoms with Crippen LogP contribution in [0.3, 0.4) is 0 Å². The minimum absolute atomic E-state index is 0.0421. The van der Waals surface area contributed by atoms with Crippen molar-refractivity contribution in [1.82, 2.24) is 0 Å². The minimum Gasteiger partial charge on any atom is -0.497 e. The number of hydrogen-bond acceptors (Lipinski definition) is 7. The van der Waals surface area contributed by atoms with Gasteiger partial charge >= 0.3 is 5.97 Å². The van der Waals surface area contributed by atoms with Crippen molar-refractivity contribution in [1.29, 1.82) is 0 Å². The Balaban J connectivity index is 1.81. The van der Waals surface area contributed by atoms with E-state index in [0.717, 1.165) is 0 Å². The van der Waals surface area contributed by atoms with Crippen molar-refractivity contribution in [2.45, 2.75) is 24.7 Å². The molecule has 0 aromatic heterocycles. The second-order valence-corrected chi connectivity index (χ2v) is 9.08. The van der Waals surface area contributed by atoms with Crippen LogP contribution in [-0.2, 0) is 19.4 Å². The molecule has 132 valence electrons. The SMILES string of the molecule is COc1ccc(C(=O)[C@@H](C)OC(=O)CS[C@H]2CCS(=O)(=O)C2)cc1. The molecule has 2 rings (SSSR count). The van der Waals surface area contributed by atoms with E-state index in [1.54, 1.807) is 24.3 Å². The summed E-state index contributed by atoms with van der Waals surface area (Å²) in [6, 6.07) is 6.56. The van der Waals surface area contributed by atoms with Crippen LogP contribution in [-0.4, -0.2) is 55.9 Å². The Morgan fingerprint density at radius 1 is 1.29 bits per heavy atom. The van der Waals surface area contributed by atoms with E-state index >= 15 is 0 Å². The van der Waals surface area contributed by atoms with Gasteiger partial charge in [0, 0.05) is 10.8 Å². The number of benzene rings is 1. The minimum atomic E-state index is -2.96. The van der Waals surface area contributed by atoms with E-state index in [-0.39, 0.29) is 28.3 Å². The number of thioether (sulfide) groups is 1. The van der Waals surface area contributed by atoms with Gasteiger partial charge in [0.15, 0.2) is 15.9 Å². The Morgan fingerprint density at radius 2 is 1.96 bits per heavy atom. The lowest BCUT2D eigenvalue weighted by atomic mass is 10.1. The molecule has 24 heavy (non-hydrogen) atoms. The molecule has 0 N–H and O–H groups in total. The van der Waals surface area contributed by atoms with Crippen molar-refractivity contribution in [3.63, 3.8) is 0 Å². The van der Waals surface area contributed by atoms with E-state index < -0.39 is 21.9 Å². The molecular formula is C16H20O6S2. The fourth-order valence-corrected chi connectivity index (χ4v) is 5.78. The van der Waals surface area contributed by atoms with Gasteiger partial charge < -0.3 is 9.47 Å². The molecule has 1 aromatic rings. The van der Waals surface area contributed by atoms with Crippen LogP contribution < -0.4 is 4.74 Å². The summed E-state index contributed by atoms with van der Waals surface area (Å²) < 4.78 is 32.9. The van der Waals surface area contributed by atoms with Crippen LogP contribution >= 0.6 is 11.8 Å². The third-order valence-electron chi connectivity index (χ3n) is 3.68. The number of rotatable bonds is 7. The molecule has 1 heterocycles. The van der Waals surface area contributed by atoms with Gasteiger partial charge in [-0.05, 0) is 37.6 Å². The van der Waals surface area contributed by atoms with E-state index in [9.17, 15) is 18.0 Å². The molecule has 0 radical (unpaired) electrons. The first-order chi connectivity index (χ1) is 11.3. The van der Waals surface area contributed by atoms with Crippen molar-refractivity contribution in [2.24, 2.45) is 0 Å². The first kappa shape index (κ1) is 18.8. The quantitative estimate of drug-likeness (QED) is 0.532. The van der Waals surface area contributed by atoms with Gasteiger partial charge in [0.1, 0.15) is 5.75 Å². The fourth-order valence-electron chi connectivity index (χ4n) is 2.35. The lowest BCUT2D eigenvalue weighted by Crippen LogP contribution is -2.25. The lowest BCUT2D eigenvalue weighted by molar-refractivity contribution is -0.143. The highest BCUT2D eigenvalue weighted by Crippen LogP contribution is 2.24. The van der Waals surface area contributed by atoms with E-state index in [4.69, 9.17) is 9.47 Å². The number of carbonyl (C=O) groups excluding carboxylic acids is 2. The Morgan fingerprint density at radius 3 is 2.50 bits per heavy atom. The maximum Gasteiger partial charge on any atom is 0.316 e. The number of esters is 1. The van der Waals surface area contributed by atoms with Gasteiger partial charge in [0.2, 0.25) is 5.78 Å². The maximum absolute atomic E-state index is 12.2. The van der Waals surface area contributed by atoms with Crippen molar-refractivity contribution in [3.05, 3.63) is 29.8 Å². The first-order valence-electron chi connectivity index (χ1n) is 7.50. The summed E-state index contributed by atoms with van der Waals surface area (Å²) >= 11 is 1.27. The van der Waals surface area contributed by atoms with Gasteiger partial charge in [0.05, 0.1) is 24.4 Å². The molecule has 0 spiro atoms. The summed E-state index contributed by atoms with van der Waals surface area (Å²) in [5.74, 6) is 0.148. The molecule has 6 nitrogen and oxygen atoms in total. The van der Waals surface area contributed by atoms with Crippen molar-refractivity contribution < 1.29 is 27.5 Å². The molecule has 0 amide bonds. The van der Waals surface area contributed by atoms with Crippen LogP contribution in [0.5, 0.6) is 5.75 Å². The van der Waals surface area contributed by atoms with Crippen LogP contribution in [0.1, 0.15) is 23.7 Å². The summed E-state index contributed by atoms with van der Waals surface area (Å²) in [6.45, 7) is 1.52. The topological polar surface area (TPSA) is 86.7 Å². The summed E-state index contributed by atoms with van der Waals surface area (Å²) in [5.41, 5.74) is 0.436. The largest absolute Gasteiger partial charge is 0.497 e. The molecule has 0 aliphatic carbocycles. The van der Waals surface area contributed by atoms with Crippen LogP contribution in [0, 0.1) is 0 Å². The number of sulfone groups is 1. The summed E-state index contributed by atoms with van der Waals surface area (Å²) in [5, 5.41) is -0.0739. The van der Waals surface area contributed by atoms with E-state index in [2.05, 4.69) is 0 Å². The highest BCUT2D eigenvalue weighted by atomic mass is 32.2. The van der Waals surface area contributed by atoms with E-state index in [0.29, 0.717) is 17.7 Å². The molecule has 1 aliphatic rings. The third-order valence-corrected chi connectivity index (χ3v) is 6.93. The molecular weight excluding hydrogens is 352 g/mol. The summed E-state index contributed by atoms with van der Waals surface area (Å²) in [6.07, 6.45) is -0.334. The molecule has 1 saturated heterocycles. The first-order valence-corrected chi connectivity index (χ1v) is 10.4. The van der Waals surface area contributed by atoms with Gasteiger partial charge in [-0.15, -0.1) is 11.8 Å². The second-order valence-electron chi connectivity index (χ2n) is 5.56. The highest BCUT2D eigenvalue weighted by Gasteiger charge is 2.29. The predicted octanol–water partition coefficient (Wildman–Crippen LogP) is 1.73. The van der Waals surface area contributed by atoms with Crippen LogP contribution in [0.15, 0.2) is 24.3 Å². The second kappa shape index (κ2) is 8.02. The molecule has 1 fully saturated rings. The van der Waals surface area contributed by atoms with Crippen molar-refractivity contribution in [3.8, 4) is 5.75 Å². The molecule has 0 saturated carbocycles. The van der Waals surface area contributed by atoms with Gasteiger partial charge in [-0.1, -0.05) is 0 Å². The van der Waals surface area contributed by atoms with Gasteiger partial charge in [0.25, 0.3) is 0 Å². The highest BCUT2D eigenvalue weighted by molar-refractivity contribution is 8.02. The molecule has 0 unspecified atom stereocenters. The van der Waals surface area contributed by atoms with Crippen molar-refractivity contribution in [2.75, 3.05) is 24.4 Å². The Kier molecular flexibility index (Phi) is 6.28. The van der Waals surface area contributed by atoms with Crippen LogP contribution in [0.25, 0.3) is 0 Å². The number of Topliss-reactive ketones (excluding diaryl/α,β-unsaturated/α-hetero) is 1. The van der Waals surface area contributed by atoms with Gasteiger partial charge in [-0.3, -0.25) is 9.59 Å². The number of hydrogen-bond donors (Lipinski definition) is 0. The summed E-state index contributed by atoms with van der Waals surface area (Å²) in [7, 11) is -1.42. The predicted molar refractivity (Wildman–Crippen MR) is 92.4 cm³/mol. The molecule has 1 aliphatic heterocycles. The Hall–Kier alpha value is -1.54. The molecule has 1 aromatic carbocycles. The smallest absolute Gasteiger partial charge is 0.316 e. The summed E-state index contributed by atoms with van der Waals surface area (Å²) in [4.78, 5) is 24.1. The van der Waals surface area contributed by atoms with Crippen LogP contribution in [0.4, 0.5) is 0 Å². The van der Waals surface area contributed by atoms with Crippen molar-refractivity contribution >= 4 is 33.4 Å². The molecule has 2 atom stereocenters. The average Bonchev–Trinajstić information content (AvgIpc) is 2.91. The number of methoxy groups -OCH3 is 1. The maximum atomic E-state index is 12.2. The van der Waals surface area contributed by atoms with Crippen LogP contribution in [0.2, 0.25) is 0 Å². The zero-order chi connectivity index (χ0) is 17.7. The number of ketones is 1. The normalized spacial score (nSPS) is 20.3. The van der Waals surface area contributed by atoms with Gasteiger partial charge in [-0.2, -0.15) is 0 Å². The third kappa shape index (κ3) is 5.24. The average molecular weight is 372 g/mol. The number of carbonyl (C=O) groups is 2. The zero-order valence-corrected chi connectivity index (χ0v) is 15.2. The molecule has 0 bridgehead atoms. The van der Waals surface area contributed by atoms with E-state index in [1.165, 1.54) is 25.8 Å². The molecule has 8 heteroatoms. The number of ether oxygens (including phenoxy) is 2. The lowest BCUT2D eigenvalue weighted by Gasteiger charge is -2.13. The zero-order valence-electron chi connectivity index (χ0n) is 13.6. The fraction of sp³-hybridized carbons (Fsp3) is 0.500.